The Balaban J connectivity index is 1.91. The summed E-state index contributed by atoms with van der Waals surface area (Å²) in [6, 6.07) is 18.2. The van der Waals surface area contributed by atoms with E-state index in [0.717, 1.165) is 35.1 Å². The van der Waals surface area contributed by atoms with Crippen molar-refractivity contribution >= 4 is 0 Å². The number of nitrogens with two attached hydrogens (primary N) is 2. The Morgan fingerprint density at radius 2 is 1.25 bits per heavy atom. The van der Waals surface area contributed by atoms with Gasteiger partial charge >= 0.3 is 0 Å². The van der Waals surface area contributed by atoms with E-state index in [9.17, 15) is 8.78 Å². The lowest BCUT2D eigenvalue weighted by Crippen LogP contribution is -2.28. The summed E-state index contributed by atoms with van der Waals surface area (Å²) < 4.78 is 32.5. The molecule has 0 aliphatic heterocycles. The van der Waals surface area contributed by atoms with Gasteiger partial charge in [0.15, 0.2) is 0 Å². The number of hydrogen-bond acceptors (Lipinski definition) is 3. The van der Waals surface area contributed by atoms with E-state index in [2.05, 4.69) is 0 Å². The Morgan fingerprint density at radius 1 is 0.750 bits per heavy atom. The summed E-state index contributed by atoms with van der Waals surface area (Å²) in [5.74, 6) is 0.0749. The Hall–Kier alpha value is -2.76. The van der Waals surface area contributed by atoms with Gasteiger partial charge in [0.2, 0.25) is 0 Å². The predicted octanol–water partition coefficient (Wildman–Crippen LogP) is 4.74. The van der Waals surface area contributed by atoms with E-state index in [0.29, 0.717) is 18.9 Å². The molecule has 0 spiro atoms. The van der Waals surface area contributed by atoms with Gasteiger partial charge in [-0.1, -0.05) is 24.3 Å². The molecule has 0 saturated carbocycles. The second kappa shape index (κ2) is 9.44. The van der Waals surface area contributed by atoms with Crippen LogP contribution in [0.3, 0.4) is 0 Å². The molecule has 146 valence electrons. The maximum atomic E-state index is 13.3. The third-order valence-electron chi connectivity index (χ3n) is 4.50. The largest absolute Gasteiger partial charge is 0.492 e. The Kier molecular flexibility index (Phi) is 6.74. The molecule has 1 atom stereocenters. The van der Waals surface area contributed by atoms with E-state index < -0.39 is 0 Å². The van der Waals surface area contributed by atoms with Gasteiger partial charge in [0.25, 0.3) is 0 Å². The average Bonchev–Trinajstić information content (AvgIpc) is 2.71. The minimum atomic E-state index is -0.291. The van der Waals surface area contributed by atoms with Crippen molar-refractivity contribution in [2.75, 3.05) is 13.2 Å². The number of benzene rings is 3. The molecule has 0 aliphatic carbocycles. The second-order valence-electron chi connectivity index (χ2n) is 6.76. The second-order valence-corrected chi connectivity index (χ2v) is 6.76. The van der Waals surface area contributed by atoms with E-state index in [1.54, 1.807) is 24.3 Å². The first-order chi connectivity index (χ1) is 13.5. The van der Waals surface area contributed by atoms with Crippen LogP contribution in [0, 0.1) is 11.6 Å². The van der Waals surface area contributed by atoms with Gasteiger partial charge in [-0.3, -0.25) is 0 Å². The highest BCUT2D eigenvalue weighted by molar-refractivity contribution is 5.75. The molecule has 3 aromatic carbocycles. The summed E-state index contributed by atoms with van der Waals surface area (Å²) in [6.07, 6.45) is 1.64. The van der Waals surface area contributed by atoms with Crippen molar-refractivity contribution in [2.45, 2.75) is 18.9 Å². The van der Waals surface area contributed by atoms with E-state index in [1.165, 1.54) is 24.3 Å². The first-order valence-electron chi connectivity index (χ1n) is 9.30. The van der Waals surface area contributed by atoms with Crippen LogP contribution in [-0.2, 0) is 0 Å². The van der Waals surface area contributed by atoms with Crippen LogP contribution in [0.2, 0.25) is 0 Å². The highest BCUT2D eigenvalue weighted by Crippen LogP contribution is 2.32. The highest BCUT2D eigenvalue weighted by Gasteiger charge is 2.09. The summed E-state index contributed by atoms with van der Waals surface area (Å²) in [5, 5.41) is 0. The van der Waals surface area contributed by atoms with Gasteiger partial charge in [0.05, 0.1) is 0 Å². The molecule has 0 aliphatic rings. The topological polar surface area (TPSA) is 61.3 Å². The molecule has 0 bridgehead atoms. The maximum absolute atomic E-state index is 13.3. The molecule has 28 heavy (non-hydrogen) atoms. The molecule has 0 fully saturated rings. The molecule has 4 N–H and O–H groups in total. The van der Waals surface area contributed by atoms with E-state index in [4.69, 9.17) is 16.2 Å². The summed E-state index contributed by atoms with van der Waals surface area (Å²) in [5.41, 5.74) is 15.1. The molecule has 3 rings (SSSR count). The lowest BCUT2D eigenvalue weighted by Gasteiger charge is -2.15. The molecule has 3 nitrogen and oxygen atoms in total. The van der Waals surface area contributed by atoms with Gasteiger partial charge in [0, 0.05) is 6.04 Å². The van der Waals surface area contributed by atoms with Gasteiger partial charge in [-0.25, -0.2) is 8.78 Å². The van der Waals surface area contributed by atoms with E-state index in [1.807, 2.05) is 18.2 Å². The molecule has 5 heteroatoms. The molecule has 0 saturated heterocycles. The monoisotopic (exact) mass is 382 g/mol. The van der Waals surface area contributed by atoms with Gasteiger partial charge in [-0.05, 0) is 84.1 Å². The van der Waals surface area contributed by atoms with Crippen molar-refractivity contribution in [1.29, 1.82) is 0 Å². The molecular formula is C23H24F2N2O. The lowest BCUT2D eigenvalue weighted by atomic mass is 9.98. The standard InChI is InChI=1S/C23H24F2N2O/c24-20-7-3-16(4-8-20)18-12-19(17-5-9-21(25)10-6-17)14-23(13-18)28-15-22(27)2-1-11-26/h3-10,12-14,22H,1-2,11,15,26-27H2/t22-/m1/s1. The molecule has 0 radical (unpaired) electrons. The normalized spacial score (nSPS) is 12.0. The summed E-state index contributed by atoms with van der Waals surface area (Å²) in [4.78, 5) is 0. The Labute approximate surface area is 163 Å². The van der Waals surface area contributed by atoms with Crippen LogP contribution < -0.4 is 16.2 Å². The zero-order valence-corrected chi connectivity index (χ0v) is 15.6. The third-order valence-corrected chi connectivity index (χ3v) is 4.50. The molecule has 0 heterocycles. The molecule has 0 unspecified atom stereocenters. The van der Waals surface area contributed by atoms with Crippen molar-refractivity contribution in [3.63, 3.8) is 0 Å². The van der Waals surface area contributed by atoms with Crippen LogP contribution in [0.25, 0.3) is 22.3 Å². The van der Waals surface area contributed by atoms with E-state index in [-0.39, 0.29) is 17.7 Å². The number of hydrogen-bond donors (Lipinski definition) is 2. The van der Waals surface area contributed by atoms with Crippen molar-refractivity contribution < 1.29 is 13.5 Å². The lowest BCUT2D eigenvalue weighted by molar-refractivity contribution is 0.281. The quantitative estimate of drug-likeness (QED) is 0.591. The fourth-order valence-corrected chi connectivity index (χ4v) is 2.97. The summed E-state index contributed by atoms with van der Waals surface area (Å²) >= 11 is 0. The van der Waals surface area contributed by atoms with Crippen molar-refractivity contribution in [3.8, 4) is 28.0 Å². The van der Waals surface area contributed by atoms with Crippen LogP contribution in [0.5, 0.6) is 5.75 Å². The molecule has 0 amide bonds. The van der Waals surface area contributed by atoms with Gasteiger partial charge in [0.1, 0.15) is 24.0 Å². The third kappa shape index (κ3) is 5.38. The summed E-state index contributed by atoms with van der Waals surface area (Å²) in [7, 11) is 0. The Morgan fingerprint density at radius 3 is 1.71 bits per heavy atom. The molecule has 0 aromatic heterocycles. The zero-order chi connectivity index (χ0) is 19.9. The highest BCUT2D eigenvalue weighted by atomic mass is 19.1. The van der Waals surface area contributed by atoms with Crippen molar-refractivity contribution in [1.82, 2.24) is 0 Å². The van der Waals surface area contributed by atoms with E-state index >= 15 is 0 Å². The average molecular weight is 382 g/mol. The minimum Gasteiger partial charge on any atom is -0.492 e. The van der Waals surface area contributed by atoms with Crippen molar-refractivity contribution in [3.05, 3.63) is 78.4 Å². The zero-order valence-electron chi connectivity index (χ0n) is 15.6. The van der Waals surface area contributed by atoms with Crippen LogP contribution in [-0.4, -0.2) is 19.2 Å². The van der Waals surface area contributed by atoms with Crippen molar-refractivity contribution in [2.24, 2.45) is 11.5 Å². The number of rotatable bonds is 8. The fourth-order valence-electron chi connectivity index (χ4n) is 2.97. The van der Waals surface area contributed by atoms with Gasteiger partial charge in [-0.2, -0.15) is 0 Å². The SMILES string of the molecule is NCCC[C@@H](N)COc1cc(-c2ccc(F)cc2)cc(-c2ccc(F)cc2)c1. The number of ether oxygens (including phenoxy) is 1. The molecular weight excluding hydrogens is 358 g/mol. The van der Waals surface area contributed by atoms with Gasteiger partial charge < -0.3 is 16.2 Å². The van der Waals surface area contributed by atoms with Crippen LogP contribution in [0.15, 0.2) is 66.7 Å². The first kappa shape index (κ1) is 20.0. The predicted molar refractivity (Wildman–Crippen MR) is 109 cm³/mol. The maximum Gasteiger partial charge on any atom is 0.123 e. The smallest absolute Gasteiger partial charge is 0.123 e. The fraction of sp³-hybridized carbons (Fsp3) is 0.217. The first-order valence-corrected chi connectivity index (χ1v) is 9.30. The van der Waals surface area contributed by atoms with Gasteiger partial charge in [-0.15, -0.1) is 0 Å². The van der Waals surface area contributed by atoms with Crippen LogP contribution in [0.4, 0.5) is 8.78 Å². The number of halogens is 2. The van der Waals surface area contributed by atoms with Crippen LogP contribution in [0.1, 0.15) is 12.8 Å². The van der Waals surface area contributed by atoms with Crippen LogP contribution >= 0.6 is 0 Å². The molecule has 3 aromatic rings. The minimum absolute atomic E-state index is 0.104. The Bertz CT molecular complexity index is 832. The summed E-state index contributed by atoms with van der Waals surface area (Å²) in [6.45, 7) is 0.970.